The number of carbonyl (C=O) groups is 1. The average molecular weight is 243 g/mol. The van der Waals surface area contributed by atoms with Crippen molar-refractivity contribution in [2.24, 2.45) is 16.8 Å². The van der Waals surface area contributed by atoms with Crippen molar-refractivity contribution in [3.05, 3.63) is 0 Å². The van der Waals surface area contributed by atoms with Crippen LogP contribution in [0.1, 0.15) is 52.4 Å². The van der Waals surface area contributed by atoms with Crippen molar-refractivity contribution in [2.45, 2.75) is 52.4 Å². The number of nitrogens with zero attached hydrogens (tertiary/aromatic N) is 1. The highest BCUT2D eigenvalue weighted by molar-refractivity contribution is 5.79. The summed E-state index contributed by atoms with van der Waals surface area (Å²) in [5, 5.41) is 14.1. The number of carbonyl (C=O) groups excluding carboxylic acids is 1. The van der Waals surface area contributed by atoms with Gasteiger partial charge in [0.1, 0.15) is 5.84 Å². The summed E-state index contributed by atoms with van der Waals surface area (Å²) in [6, 6.07) is 0. The van der Waals surface area contributed by atoms with E-state index in [1.54, 1.807) is 0 Å². The number of unbranched alkanes of at least 4 members (excludes halogenated alkanes) is 2. The fourth-order valence-electron chi connectivity index (χ4n) is 1.51. The van der Waals surface area contributed by atoms with Gasteiger partial charge in [0.05, 0.1) is 0 Å². The van der Waals surface area contributed by atoms with E-state index in [-0.39, 0.29) is 17.7 Å². The normalized spacial score (nSPS) is 13.4. The van der Waals surface area contributed by atoms with Crippen LogP contribution in [-0.2, 0) is 4.79 Å². The summed E-state index contributed by atoms with van der Waals surface area (Å²) in [6.45, 7) is 4.74. The Morgan fingerprint density at radius 1 is 1.41 bits per heavy atom. The summed E-state index contributed by atoms with van der Waals surface area (Å²) >= 11 is 0. The molecular formula is C12H25N3O2. The predicted molar refractivity (Wildman–Crippen MR) is 69.0 cm³/mol. The summed E-state index contributed by atoms with van der Waals surface area (Å²) in [4.78, 5) is 11.6. The molecule has 0 aliphatic rings. The average Bonchev–Trinajstić information content (AvgIpc) is 2.34. The molecule has 1 atom stereocenters. The molecule has 1 amide bonds. The first-order chi connectivity index (χ1) is 8.11. The van der Waals surface area contributed by atoms with E-state index in [1.807, 2.05) is 6.92 Å². The van der Waals surface area contributed by atoms with E-state index in [4.69, 9.17) is 10.9 Å². The number of amides is 1. The molecule has 4 N–H and O–H groups in total. The fourth-order valence-corrected chi connectivity index (χ4v) is 1.51. The molecule has 0 spiro atoms. The number of hydrogen-bond acceptors (Lipinski definition) is 3. The Hall–Kier alpha value is -1.26. The van der Waals surface area contributed by atoms with Gasteiger partial charge in [0.15, 0.2) is 0 Å². The van der Waals surface area contributed by atoms with Crippen LogP contribution in [0.2, 0.25) is 0 Å². The molecule has 0 fully saturated rings. The van der Waals surface area contributed by atoms with Gasteiger partial charge in [0, 0.05) is 18.9 Å². The Balaban J connectivity index is 3.50. The smallest absolute Gasteiger partial charge is 0.222 e. The minimum absolute atomic E-state index is 0.0963. The van der Waals surface area contributed by atoms with Gasteiger partial charge in [0.2, 0.25) is 5.91 Å². The Morgan fingerprint density at radius 2 is 2.12 bits per heavy atom. The van der Waals surface area contributed by atoms with Crippen LogP contribution in [0.4, 0.5) is 0 Å². The molecular weight excluding hydrogens is 218 g/mol. The molecule has 5 nitrogen and oxygen atoms in total. The second-order valence-electron chi connectivity index (χ2n) is 4.38. The first-order valence-corrected chi connectivity index (χ1v) is 6.35. The number of hydrogen-bond donors (Lipinski definition) is 3. The van der Waals surface area contributed by atoms with E-state index in [1.165, 1.54) is 0 Å². The van der Waals surface area contributed by atoms with Crippen LogP contribution in [-0.4, -0.2) is 23.5 Å². The van der Waals surface area contributed by atoms with E-state index in [0.29, 0.717) is 13.0 Å². The van der Waals surface area contributed by atoms with Gasteiger partial charge in [-0.05, 0) is 19.3 Å². The summed E-state index contributed by atoms with van der Waals surface area (Å²) in [5.74, 6) is 0.467. The van der Waals surface area contributed by atoms with Crippen molar-refractivity contribution in [3.8, 4) is 0 Å². The molecule has 0 aliphatic heterocycles. The standard InChI is InChI=1S/C12H25N3O2/c1-3-4-7-10(2)12(16)14-9-6-5-8-11(13)15-17/h10,17H,3-9H2,1-2H3,(H2,13,15)(H,14,16). The molecule has 0 rings (SSSR count). The minimum atomic E-state index is 0.0963. The zero-order chi connectivity index (χ0) is 13.1. The summed E-state index contributed by atoms with van der Waals surface area (Å²) in [6.07, 6.45) is 5.40. The van der Waals surface area contributed by atoms with Gasteiger partial charge in [-0.1, -0.05) is 31.8 Å². The van der Waals surface area contributed by atoms with Gasteiger partial charge in [-0.25, -0.2) is 0 Å². The van der Waals surface area contributed by atoms with E-state index >= 15 is 0 Å². The second-order valence-corrected chi connectivity index (χ2v) is 4.38. The number of amidine groups is 1. The maximum absolute atomic E-state index is 11.6. The van der Waals surface area contributed by atoms with Crippen LogP contribution < -0.4 is 11.1 Å². The molecule has 0 saturated heterocycles. The van der Waals surface area contributed by atoms with Gasteiger partial charge in [-0.15, -0.1) is 0 Å². The van der Waals surface area contributed by atoms with Crippen molar-refractivity contribution < 1.29 is 10.0 Å². The minimum Gasteiger partial charge on any atom is -0.409 e. The first kappa shape index (κ1) is 15.7. The van der Waals surface area contributed by atoms with Gasteiger partial charge in [-0.2, -0.15) is 0 Å². The molecule has 5 heteroatoms. The van der Waals surface area contributed by atoms with E-state index < -0.39 is 0 Å². The zero-order valence-corrected chi connectivity index (χ0v) is 10.9. The second kappa shape index (κ2) is 9.93. The van der Waals surface area contributed by atoms with Crippen LogP contribution in [0.3, 0.4) is 0 Å². The van der Waals surface area contributed by atoms with E-state index in [2.05, 4.69) is 17.4 Å². The molecule has 0 saturated carbocycles. The SMILES string of the molecule is CCCCC(C)C(=O)NCCCCC(N)=NO. The summed E-state index contributed by atoms with van der Waals surface area (Å²) in [7, 11) is 0. The number of oxime groups is 1. The predicted octanol–water partition coefficient (Wildman–Crippen LogP) is 1.85. The van der Waals surface area contributed by atoms with E-state index in [9.17, 15) is 4.79 Å². The molecule has 0 aromatic rings. The molecule has 17 heavy (non-hydrogen) atoms. The summed E-state index contributed by atoms with van der Waals surface area (Å²) in [5.41, 5.74) is 5.33. The Kier molecular flexibility index (Phi) is 9.19. The lowest BCUT2D eigenvalue weighted by atomic mass is 10.0. The summed E-state index contributed by atoms with van der Waals surface area (Å²) < 4.78 is 0. The molecule has 100 valence electrons. The Bertz CT molecular complexity index is 242. The third-order valence-electron chi connectivity index (χ3n) is 2.73. The molecule has 0 heterocycles. The molecule has 1 unspecified atom stereocenters. The molecule has 0 aromatic carbocycles. The molecule has 0 bridgehead atoms. The zero-order valence-electron chi connectivity index (χ0n) is 10.9. The maximum Gasteiger partial charge on any atom is 0.222 e. The highest BCUT2D eigenvalue weighted by Gasteiger charge is 2.10. The van der Waals surface area contributed by atoms with Gasteiger partial charge < -0.3 is 16.3 Å². The Morgan fingerprint density at radius 3 is 2.71 bits per heavy atom. The van der Waals surface area contributed by atoms with Gasteiger partial charge in [-0.3, -0.25) is 4.79 Å². The van der Waals surface area contributed by atoms with Crippen molar-refractivity contribution in [2.75, 3.05) is 6.54 Å². The van der Waals surface area contributed by atoms with Crippen molar-refractivity contribution >= 4 is 11.7 Å². The van der Waals surface area contributed by atoms with Gasteiger partial charge in [0.25, 0.3) is 0 Å². The third-order valence-corrected chi connectivity index (χ3v) is 2.73. The lowest BCUT2D eigenvalue weighted by molar-refractivity contribution is -0.124. The van der Waals surface area contributed by atoms with E-state index in [0.717, 1.165) is 32.1 Å². The topological polar surface area (TPSA) is 87.7 Å². The van der Waals surface area contributed by atoms with Crippen LogP contribution >= 0.6 is 0 Å². The number of nitrogens with one attached hydrogen (secondary N) is 1. The molecule has 0 radical (unpaired) electrons. The Labute approximate surface area is 103 Å². The largest absolute Gasteiger partial charge is 0.409 e. The van der Waals surface area contributed by atoms with Crippen molar-refractivity contribution in [3.63, 3.8) is 0 Å². The fraction of sp³-hybridized carbons (Fsp3) is 0.833. The van der Waals surface area contributed by atoms with Crippen molar-refractivity contribution in [1.82, 2.24) is 5.32 Å². The van der Waals surface area contributed by atoms with Crippen LogP contribution in [0.5, 0.6) is 0 Å². The monoisotopic (exact) mass is 243 g/mol. The van der Waals surface area contributed by atoms with Crippen molar-refractivity contribution in [1.29, 1.82) is 0 Å². The van der Waals surface area contributed by atoms with Crippen LogP contribution in [0.15, 0.2) is 5.16 Å². The number of rotatable bonds is 9. The lowest BCUT2D eigenvalue weighted by Crippen LogP contribution is -2.30. The van der Waals surface area contributed by atoms with Crippen LogP contribution in [0, 0.1) is 5.92 Å². The van der Waals surface area contributed by atoms with Crippen LogP contribution in [0.25, 0.3) is 0 Å². The molecule has 0 aromatic heterocycles. The first-order valence-electron chi connectivity index (χ1n) is 6.35. The third kappa shape index (κ3) is 8.54. The van der Waals surface area contributed by atoms with Gasteiger partial charge >= 0.3 is 0 Å². The highest BCUT2D eigenvalue weighted by Crippen LogP contribution is 2.07. The highest BCUT2D eigenvalue weighted by atomic mass is 16.4. The number of nitrogens with two attached hydrogens (primary N) is 1. The lowest BCUT2D eigenvalue weighted by Gasteiger charge is -2.11. The quantitative estimate of drug-likeness (QED) is 0.190. The maximum atomic E-state index is 11.6. The molecule has 0 aliphatic carbocycles.